The highest BCUT2D eigenvalue weighted by atomic mass is 16.1. The molecule has 0 aliphatic rings. The molecule has 0 atom stereocenters. The lowest BCUT2D eigenvalue weighted by Gasteiger charge is -1.88. The van der Waals surface area contributed by atoms with Gasteiger partial charge >= 0.3 is 0 Å². The molecule has 0 amide bonds. The lowest BCUT2D eigenvalue weighted by atomic mass is 10.2. The number of azide groups is 1. The summed E-state index contributed by atoms with van der Waals surface area (Å²) in [7, 11) is 0. The first-order chi connectivity index (χ1) is 6.33. The molecule has 1 N–H and O–H groups in total. The highest BCUT2D eigenvalue weighted by Crippen LogP contribution is 1.95. The number of hydrogen-bond donors (Lipinski definition) is 1. The van der Waals surface area contributed by atoms with Gasteiger partial charge in [-0.1, -0.05) is 17.3 Å². The molecule has 0 aliphatic heterocycles. The molecule has 0 radical (unpaired) electrons. The third-order valence-electron chi connectivity index (χ3n) is 1.37. The number of nitrogens with one attached hydrogen (secondary N) is 1. The quantitative estimate of drug-likeness (QED) is 0.424. The number of pyridine rings is 1. The first kappa shape index (κ1) is 9.09. The minimum Gasteiger partial charge on any atom is -0.329 e. The monoisotopic (exact) mass is 176 g/mol. The lowest BCUT2D eigenvalue weighted by Crippen LogP contribution is -2.01. The van der Waals surface area contributed by atoms with E-state index in [4.69, 9.17) is 5.53 Å². The Balaban J connectivity index is 2.63. The number of aromatic amines is 1. The van der Waals surface area contributed by atoms with Crippen LogP contribution in [0.4, 0.5) is 0 Å². The highest BCUT2D eigenvalue weighted by Gasteiger charge is 1.84. The number of nitrogens with zero attached hydrogens (tertiary/aromatic N) is 3. The number of rotatable bonds is 3. The van der Waals surface area contributed by atoms with Gasteiger partial charge in [-0.05, 0) is 17.2 Å². The summed E-state index contributed by atoms with van der Waals surface area (Å²) in [6.07, 6.45) is 5.08. The third kappa shape index (κ3) is 3.27. The smallest absolute Gasteiger partial charge is 0.247 e. The number of H-pyrrole nitrogens is 1. The van der Waals surface area contributed by atoms with Gasteiger partial charge in [-0.2, -0.15) is 0 Å². The third-order valence-corrected chi connectivity index (χ3v) is 1.37. The van der Waals surface area contributed by atoms with Crippen LogP contribution in [0, 0.1) is 0 Å². The van der Waals surface area contributed by atoms with Crippen LogP contribution < -0.4 is 5.56 Å². The summed E-state index contributed by atoms with van der Waals surface area (Å²) in [6.45, 7) is 0.315. The zero-order chi connectivity index (χ0) is 9.52. The molecular formula is C8H8N4O. The van der Waals surface area contributed by atoms with Crippen molar-refractivity contribution in [2.24, 2.45) is 5.11 Å². The second kappa shape index (κ2) is 4.79. The van der Waals surface area contributed by atoms with Crippen LogP contribution in [-0.2, 0) is 0 Å². The normalized spacial score (nSPS) is 9.85. The average molecular weight is 176 g/mol. The SMILES string of the molecule is [N-]=[N+]=NCC=Cc1ccc(=O)[nH]c1. The van der Waals surface area contributed by atoms with Gasteiger partial charge in [0.05, 0.1) is 0 Å². The molecule has 0 spiro atoms. The van der Waals surface area contributed by atoms with Crippen molar-refractivity contribution in [1.82, 2.24) is 4.98 Å². The Morgan fingerprint density at radius 3 is 3.08 bits per heavy atom. The van der Waals surface area contributed by atoms with E-state index in [0.29, 0.717) is 6.54 Å². The molecule has 5 nitrogen and oxygen atoms in total. The Bertz CT molecular complexity index is 380. The van der Waals surface area contributed by atoms with Crippen LogP contribution in [0.25, 0.3) is 16.5 Å². The van der Waals surface area contributed by atoms with Gasteiger partial charge in [-0.3, -0.25) is 4.79 Å². The van der Waals surface area contributed by atoms with E-state index >= 15 is 0 Å². The molecule has 5 heteroatoms. The van der Waals surface area contributed by atoms with Crippen LogP contribution >= 0.6 is 0 Å². The second-order valence-electron chi connectivity index (χ2n) is 2.30. The van der Waals surface area contributed by atoms with E-state index in [1.807, 2.05) is 0 Å². The van der Waals surface area contributed by atoms with Gasteiger partial charge in [-0.15, -0.1) is 0 Å². The second-order valence-corrected chi connectivity index (χ2v) is 2.30. The van der Waals surface area contributed by atoms with E-state index in [-0.39, 0.29) is 5.56 Å². The van der Waals surface area contributed by atoms with Crippen molar-refractivity contribution in [2.45, 2.75) is 0 Å². The Kier molecular flexibility index (Phi) is 3.35. The summed E-state index contributed by atoms with van der Waals surface area (Å²) < 4.78 is 0. The average Bonchev–Trinajstić information content (AvgIpc) is 2.15. The van der Waals surface area contributed by atoms with Crippen molar-refractivity contribution in [2.75, 3.05) is 6.54 Å². The molecule has 0 aliphatic carbocycles. The molecule has 1 rings (SSSR count). The maximum Gasteiger partial charge on any atom is 0.247 e. The predicted octanol–water partition coefficient (Wildman–Crippen LogP) is 1.70. The zero-order valence-electron chi connectivity index (χ0n) is 6.84. The molecule has 0 saturated heterocycles. The van der Waals surface area contributed by atoms with Crippen molar-refractivity contribution in [3.63, 3.8) is 0 Å². The molecule has 0 aromatic carbocycles. The van der Waals surface area contributed by atoms with E-state index in [2.05, 4.69) is 15.0 Å². The first-order valence-corrected chi connectivity index (χ1v) is 3.69. The fourth-order valence-electron chi connectivity index (χ4n) is 0.799. The predicted molar refractivity (Wildman–Crippen MR) is 50.1 cm³/mol. The van der Waals surface area contributed by atoms with Crippen LogP contribution in [0.5, 0.6) is 0 Å². The molecule has 1 aromatic heterocycles. The molecule has 1 aromatic rings. The lowest BCUT2D eigenvalue weighted by molar-refractivity contribution is 1.21. The molecule has 13 heavy (non-hydrogen) atoms. The van der Waals surface area contributed by atoms with Crippen molar-refractivity contribution < 1.29 is 0 Å². The minimum atomic E-state index is -0.132. The maximum absolute atomic E-state index is 10.7. The first-order valence-electron chi connectivity index (χ1n) is 3.69. The summed E-state index contributed by atoms with van der Waals surface area (Å²) in [4.78, 5) is 15.8. The minimum absolute atomic E-state index is 0.132. The number of aromatic nitrogens is 1. The fraction of sp³-hybridized carbons (Fsp3) is 0.125. The maximum atomic E-state index is 10.7. The van der Waals surface area contributed by atoms with Gasteiger partial charge in [-0.25, -0.2) is 0 Å². The van der Waals surface area contributed by atoms with Gasteiger partial charge < -0.3 is 4.98 Å². The summed E-state index contributed by atoms with van der Waals surface area (Å²) in [5.74, 6) is 0. The van der Waals surface area contributed by atoms with Gasteiger partial charge in [0, 0.05) is 23.7 Å². The topological polar surface area (TPSA) is 81.6 Å². The number of hydrogen-bond acceptors (Lipinski definition) is 2. The van der Waals surface area contributed by atoms with Crippen LogP contribution in [0.1, 0.15) is 5.56 Å². The van der Waals surface area contributed by atoms with E-state index in [1.54, 1.807) is 24.4 Å². The molecule has 0 bridgehead atoms. The Morgan fingerprint density at radius 2 is 2.46 bits per heavy atom. The molecule has 1 heterocycles. The van der Waals surface area contributed by atoms with Crippen LogP contribution in [-0.4, -0.2) is 11.5 Å². The van der Waals surface area contributed by atoms with E-state index < -0.39 is 0 Å². The molecule has 66 valence electrons. The van der Waals surface area contributed by atoms with Crippen LogP contribution in [0.15, 0.2) is 34.3 Å². The largest absolute Gasteiger partial charge is 0.329 e. The molecular weight excluding hydrogens is 168 g/mol. The van der Waals surface area contributed by atoms with Gasteiger partial charge in [0.1, 0.15) is 0 Å². The molecule has 0 fully saturated rings. The van der Waals surface area contributed by atoms with Crippen LogP contribution in [0.2, 0.25) is 0 Å². The van der Waals surface area contributed by atoms with Crippen molar-refractivity contribution in [3.05, 3.63) is 50.8 Å². The zero-order valence-corrected chi connectivity index (χ0v) is 6.84. The van der Waals surface area contributed by atoms with E-state index in [9.17, 15) is 4.79 Å². The van der Waals surface area contributed by atoms with Crippen molar-refractivity contribution in [1.29, 1.82) is 0 Å². The van der Waals surface area contributed by atoms with Crippen molar-refractivity contribution in [3.8, 4) is 0 Å². The Labute approximate surface area is 74.4 Å². The standard InChI is InChI=1S/C8H8N4O/c9-12-11-5-1-2-7-3-4-8(13)10-6-7/h1-4,6H,5H2,(H,10,13). The molecule has 0 unspecified atom stereocenters. The van der Waals surface area contributed by atoms with E-state index in [0.717, 1.165) is 5.56 Å². The highest BCUT2D eigenvalue weighted by molar-refractivity contribution is 5.47. The van der Waals surface area contributed by atoms with Crippen LogP contribution in [0.3, 0.4) is 0 Å². The summed E-state index contributed by atoms with van der Waals surface area (Å²) in [6, 6.07) is 3.12. The van der Waals surface area contributed by atoms with E-state index in [1.165, 1.54) is 6.07 Å². The summed E-state index contributed by atoms with van der Waals surface area (Å²) >= 11 is 0. The summed E-state index contributed by atoms with van der Waals surface area (Å²) in [5.41, 5.74) is 8.71. The Hall–Kier alpha value is -2.00. The van der Waals surface area contributed by atoms with Gasteiger partial charge in [0.15, 0.2) is 0 Å². The van der Waals surface area contributed by atoms with Gasteiger partial charge in [0.25, 0.3) is 0 Å². The molecule has 0 saturated carbocycles. The summed E-state index contributed by atoms with van der Waals surface area (Å²) in [5, 5.41) is 3.33. The Morgan fingerprint density at radius 1 is 1.62 bits per heavy atom. The fourth-order valence-corrected chi connectivity index (χ4v) is 0.799. The van der Waals surface area contributed by atoms with Gasteiger partial charge in [0.2, 0.25) is 5.56 Å². The van der Waals surface area contributed by atoms with Crippen molar-refractivity contribution >= 4 is 6.08 Å².